The summed E-state index contributed by atoms with van der Waals surface area (Å²) < 4.78 is 0. The third-order valence-electron chi connectivity index (χ3n) is 5.68. The van der Waals surface area contributed by atoms with Crippen LogP contribution in [-0.4, -0.2) is 4.98 Å². The van der Waals surface area contributed by atoms with Crippen molar-refractivity contribution in [2.45, 2.75) is 6.17 Å². The fraction of sp³-hybridized carbons (Fsp3) is 0.0333. The zero-order valence-corrected chi connectivity index (χ0v) is 19.6. The summed E-state index contributed by atoms with van der Waals surface area (Å²) in [5, 5.41) is 3.89. The fourth-order valence-electron chi connectivity index (χ4n) is 3.98. The van der Waals surface area contributed by atoms with E-state index in [1.54, 1.807) is 0 Å². The van der Waals surface area contributed by atoms with Crippen LogP contribution in [0.3, 0.4) is 0 Å². The highest BCUT2D eigenvalue weighted by atomic mass is 31.1. The summed E-state index contributed by atoms with van der Waals surface area (Å²) in [6, 6.07) is 44.2. The fourth-order valence-corrected chi connectivity index (χ4v) is 6.33. The van der Waals surface area contributed by atoms with E-state index in [1.807, 2.05) is 30.5 Å². The maximum atomic E-state index is 6.54. The number of nitrogens with two attached hydrogens (primary N) is 1. The van der Waals surface area contributed by atoms with Crippen molar-refractivity contribution in [3.8, 4) is 11.1 Å². The summed E-state index contributed by atoms with van der Waals surface area (Å²) in [5.41, 5.74) is 10.6. The first-order valence-electron chi connectivity index (χ1n) is 11.3. The molecule has 0 saturated carbocycles. The van der Waals surface area contributed by atoms with E-state index >= 15 is 0 Å². The Morgan fingerprint density at radius 3 is 1.76 bits per heavy atom. The highest BCUT2D eigenvalue weighted by molar-refractivity contribution is 7.79. The predicted molar refractivity (Wildman–Crippen MR) is 144 cm³/mol. The van der Waals surface area contributed by atoms with Crippen LogP contribution in [0.2, 0.25) is 0 Å². The number of hydrogen-bond donors (Lipinski definition) is 2. The van der Waals surface area contributed by atoms with Gasteiger partial charge in [-0.25, -0.2) is 4.99 Å². The first kappa shape index (κ1) is 22.0. The SMILES string of the molecule is NC(/N=c1/ccc(-c2ccccc2)c[nH]1)c1cccc(P(c2ccccc2)c2ccccc2)c1. The summed E-state index contributed by atoms with van der Waals surface area (Å²) in [6.45, 7) is 0. The molecular weight excluding hydrogens is 433 g/mol. The molecule has 1 atom stereocenters. The Morgan fingerprint density at radius 2 is 1.18 bits per heavy atom. The average molecular weight is 460 g/mol. The third-order valence-corrected chi connectivity index (χ3v) is 8.10. The number of hydrogen-bond acceptors (Lipinski definition) is 2. The Morgan fingerprint density at radius 1 is 0.588 bits per heavy atom. The molecule has 0 fully saturated rings. The lowest BCUT2D eigenvalue weighted by Gasteiger charge is -2.20. The molecular formula is C30H26N3P. The lowest BCUT2D eigenvalue weighted by molar-refractivity contribution is 0.739. The molecule has 4 aromatic carbocycles. The predicted octanol–water partition coefficient (Wildman–Crippen LogP) is 5.00. The Bertz CT molecular complexity index is 1350. The van der Waals surface area contributed by atoms with Crippen LogP contribution in [0.5, 0.6) is 0 Å². The van der Waals surface area contributed by atoms with E-state index in [4.69, 9.17) is 10.7 Å². The zero-order chi connectivity index (χ0) is 23.2. The smallest absolute Gasteiger partial charge is 0.127 e. The van der Waals surface area contributed by atoms with E-state index < -0.39 is 14.1 Å². The van der Waals surface area contributed by atoms with Gasteiger partial charge < -0.3 is 10.7 Å². The number of aromatic nitrogens is 1. The molecule has 166 valence electrons. The minimum atomic E-state index is -0.681. The lowest BCUT2D eigenvalue weighted by atomic mass is 10.1. The summed E-state index contributed by atoms with van der Waals surface area (Å²) >= 11 is 0. The molecule has 0 aliphatic carbocycles. The van der Waals surface area contributed by atoms with E-state index in [1.165, 1.54) is 15.9 Å². The number of pyridine rings is 1. The normalized spacial score (nSPS) is 12.6. The number of benzene rings is 4. The Kier molecular flexibility index (Phi) is 6.76. The highest BCUT2D eigenvalue weighted by Crippen LogP contribution is 2.33. The minimum Gasteiger partial charge on any atom is -0.346 e. The van der Waals surface area contributed by atoms with Gasteiger partial charge in [-0.3, -0.25) is 0 Å². The summed E-state index contributed by atoms with van der Waals surface area (Å²) in [7, 11) is -0.681. The van der Waals surface area contributed by atoms with Gasteiger partial charge in [-0.2, -0.15) is 0 Å². The molecule has 1 unspecified atom stereocenters. The molecule has 5 rings (SSSR count). The van der Waals surface area contributed by atoms with Crippen LogP contribution in [0.1, 0.15) is 11.7 Å². The van der Waals surface area contributed by atoms with Gasteiger partial charge in [0.25, 0.3) is 0 Å². The number of nitrogens with zero attached hydrogens (tertiary/aromatic N) is 1. The molecule has 34 heavy (non-hydrogen) atoms. The van der Waals surface area contributed by atoms with Crippen molar-refractivity contribution in [1.82, 2.24) is 4.98 Å². The van der Waals surface area contributed by atoms with Crippen molar-refractivity contribution >= 4 is 23.8 Å². The van der Waals surface area contributed by atoms with Gasteiger partial charge in [-0.15, -0.1) is 0 Å². The van der Waals surface area contributed by atoms with Crippen LogP contribution < -0.4 is 27.1 Å². The summed E-state index contributed by atoms with van der Waals surface area (Å²) in [6.07, 6.45) is 1.52. The quantitative estimate of drug-likeness (QED) is 0.345. The second kappa shape index (κ2) is 10.4. The van der Waals surface area contributed by atoms with E-state index in [-0.39, 0.29) is 0 Å². The van der Waals surface area contributed by atoms with E-state index in [2.05, 4.69) is 108 Å². The first-order chi connectivity index (χ1) is 16.8. The Labute approximate surface area is 201 Å². The topological polar surface area (TPSA) is 54.2 Å². The number of aromatic amines is 1. The van der Waals surface area contributed by atoms with Gasteiger partial charge in [0, 0.05) is 6.20 Å². The molecule has 0 saturated heterocycles. The van der Waals surface area contributed by atoms with Crippen LogP contribution in [0.15, 0.2) is 139 Å². The van der Waals surface area contributed by atoms with Gasteiger partial charge in [0.2, 0.25) is 0 Å². The maximum absolute atomic E-state index is 6.54. The number of rotatable bonds is 6. The average Bonchev–Trinajstić information content (AvgIpc) is 2.91. The van der Waals surface area contributed by atoms with Crippen LogP contribution >= 0.6 is 7.92 Å². The number of nitrogens with one attached hydrogen (secondary N) is 1. The van der Waals surface area contributed by atoms with Gasteiger partial charge in [0.05, 0.1) is 0 Å². The largest absolute Gasteiger partial charge is 0.346 e. The van der Waals surface area contributed by atoms with Gasteiger partial charge in [0.1, 0.15) is 11.7 Å². The number of H-pyrrole nitrogens is 1. The second-order valence-electron chi connectivity index (χ2n) is 8.00. The van der Waals surface area contributed by atoms with Crippen molar-refractivity contribution in [2.75, 3.05) is 0 Å². The standard InChI is InChI=1S/C30H26N3P/c31-30(33-29-20-19-25(22-32-29)23-11-4-1-5-12-23)24-13-10-18-28(21-24)34(26-14-6-2-7-15-26)27-16-8-3-9-17-27/h1-22,30H,31H2,(H,32,33). The summed E-state index contributed by atoms with van der Waals surface area (Å²) in [4.78, 5) is 8.02. The summed E-state index contributed by atoms with van der Waals surface area (Å²) in [5.74, 6) is 0. The Balaban J connectivity index is 1.46. The van der Waals surface area contributed by atoms with Gasteiger partial charge in [-0.05, 0) is 58.7 Å². The molecule has 1 heterocycles. The Hall–Kier alpha value is -3.78. The molecule has 0 bridgehead atoms. The monoisotopic (exact) mass is 459 g/mol. The molecule has 5 aromatic rings. The molecule has 1 aromatic heterocycles. The van der Waals surface area contributed by atoms with Crippen molar-refractivity contribution in [1.29, 1.82) is 0 Å². The van der Waals surface area contributed by atoms with Crippen molar-refractivity contribution < 1.29 is 0 Å². The molecule has 3 nitrogen and oxygen atoms in total. The lowest BCUT2D eigenvalue weighted by Crippen LogP contribution is -2.22. The molecule has 4 heteroatoms. The van der Waals surface area contributed by atoms with E-state index in [9.17, 15) is 0 Å². The van der Waals surface area contributed by atoms with Crippen LogP contribution in [0.25, 0.3) is 11.1 Å². The molecule has 0 aliphatic rings. The van der Waals surface area contributed by atoms with Gasteiger partial charge in [0.15, 0.2) is 0 Å². The van der Waals surface area contributed by atoms with Gasteiger partial charge in [-0.1, -0.05) is 109 Å². The zero-order valence-electron chi connectivity index (χ0n) is 18.8. The van der Waals surface area contributed by atoms with Crippen LogP contribution in [0, 0.1) is 0 Å². The third kappa shape index (κ3) is 5.07. The van der Waals surface area contributed by atoms with Crippen molar-refractivity contribution in [3.05, 3.63) is 145 Å². The van der Waals surface area contributed by atoms with E-state index in [0.29, 0.717) is 0 Å². The highest BCUT2D eigenvalue weighted by Gasteiger charge is 2.17. The van der Waals surface area contributed by atoms with E-state index in [0.717, 1.165) is 22.2 Å². The van der Waals surface area contributed by atoms with Gasteiger partial charge >= 0.3 is 0 Å². The maximum Gasteiger partial charge on any atom is 0.127 e. The second-order valence-corrected chi connectivity index (χ2v) is 10.2. The minimum absolute atomic E-state index is 0.456. The molecule has 3 N–H and O–H groups in total. The molecule has 0 aliphatic heterocycles. The molecule has 0 spiro atoms. The molecule has 0 amide bonds. The molecule has 0 radical (unpaired) electrons. The first-order valence-corrected chi connectivity index (χ1v) is 12.7. The van der Waals surface area contributed by atoms with Crippen molar-refractivity contribution in [2.24, 2.45) is 10.7 Å². The van der Waals surface area contributed by atoms with Crippen LogP contribution in [-0.2, 0) is 0 Å². The van der Waals surface area contributed by atoms with Crippen molar-refractivity contribution in [3.63, 3.8) is 0 Å². The van der Waals surface area contributed by atoms with Crippen LogP contribution in [0.4, 0.5) is 0 Å².